The summed E-state index contributed by atoms with van der Waals surface area (Å²) in [4.78, 5) is 5.38. The van der Waals surface area contributed by atoms with E-state index in [2.05, 4.69) is 10.1 Å². The van der Waals surface area contributed by atoms with Crippen molar-refractivity contribution in [3.63, 3.8) is 0 Å². The molecule has 1 aromatic rings. The largest absolute Gasteiger partial charge is 0.411 e. The highest BCUT2D eigenvalue weighted by atomic mass is 32.1. The van der Waals surface area contributed by atoms with Crippen molar-refractivity contribution in [2.75, 3.05) is 0 Å². The van der Waals surface area contributed by atoms with Gasteiger partial charge in [0.05, 0.1) is 5.69 Å². The average molecular weight is 170 g/mol. The maximum atomic E-state index is 8.44. The van der Waals surface area contributed by atoms with Crippen molar-refractivity contribution in [1.29, 1.82) is 0 Å². The van der Waals surface area contributed by atoms with Crippen molar-refractivity contribution in [3.8, 4) is 0 Å². The lowest BCUT2D eigenvalue weighted by atomic mass is 10.4. The van der Waals surface area contributed by atoms with Crippen LogP contribution in [0.25, 0.3) is 0 Å². The molecular formula is C7H10N2OS. The van der Waals surface area contributed by atoms with E-state index in [1.807, 2.05) is 13.8 Å². The smallest absolute Gasteiger partial charge is 0.141 e. The van der Waals surface area contributed by atoms with Crippen molar-refractivity contribution in [1.82, 2.24) is 4.98 Å². The van der Waals surface area contributed by atoms with Crippen molar-refractivity contribution in [3.05, 3.63) is 15.6 Å². The molecule has 1 rings (SSSR count). The molecule has 0 amide bonds. The Labute approximate surface area is 69.4 Å². The Bertz CT molecular complexity index is 271. The van der Waals surface area contributed by atoms with Gasteiger partial charge in [-0.1, -0.05) is 5.16 Å². The molecule has 0 unspecified atom stereocenters. The van der Waals surface area contributed by atoms with Crippen molar-refractivity contribution in [2.24, 2.45) is 5.16 Å². The number of nitrogens with zero attached hydrogens (tertiary/aromatic N) is 2. The van der Waals surface area contributed by atoms with Gasteiger partial charge < -0.3 is 5.21 Å². The highest BCUT2D eigenvalue weighted by Crippen LogP contribution is 2.16. The zero-order valence-electron chi connectivity index (χ0n) is 6.75. The molecule has 0 spiro atoms. The van der Waals surface area contributed by atoms with Crippen LogP contribution in [0.2, 0.25) is 0 Å². The Hall–Kier alpha value is -0.900. The molecule has 0 aliphatic rings. The van der Waals surface area contributed by atoms with Crippen LogP contribution in [0.1, 0.15) is 22.5 Å². The summed E-state index contributed by atoms with van der Waals surface area (Å²) in [5.74, 6) is 0. The van der Waals surface area contributed by atoms with Gasteiger partial charge in [-0.25, -0.2) is 4.98 Å². The molecule has 1 heterocycles. The van der Waals surface area contributed by atoms with E-state index in [9.17, 15) is 0 Å². The molecule has 0 saturated carbocycles. The van der Waals surface area contributed by atoms with Crippen LogP contribution in [-0.4, -0.2) is 15.9 Å². The monoisotopic (exact) mass is 170 g/mol. The normalized spacial score (nSPS) is 12.1. The molecule has 0 atom stereocenters. The first-order chi connectivity index (χ1) is 5.15. The molecule has 0 radical (unpaired) electrons. The third-order valence-corrected chi connectivity index (χ3v) is 2.67. The van der Waals surface area contributed by atoms with E-state index in [4.69, 9.17) is 5.21 Å². The lowest BCUT2D eigenvalue weighted by Gasteiger charge is -1.86. The lowest BCUT2D eigenvalue weighted by Crippen LogP contribution is -1.92. The third-order valence-electron chi connectivity index (χ3n) is 1.49. The van der Waals surface area contributed by atoms with Gasteiger partial charge >= 0.3 is 0 Å². The molecular weight excluding hydrogens is 160 g/mol. The number of rotatable bonds is 1. The van der Waals surface area contributed by atoms with E-state index in [0.717, 1.165) is 10.7 Å². The van der Waals surface area contributed by atoms with Gasteiger partial charge in [0.2, 0.25) is 0 Å². The number of oxime groups is 1. The highest BCUT2D eigenvalue weighted by Gasteiger charge is 2.05. The molecule has 1 N–H and O–H groups in total. The summed E-state index contributed by atoms with van der Waals surface area (Å²) >= 11 is 1.55. The van der Waals surface area contributed by atoms with Crippen LogP contribution >= 0.6 is 11.3 Å². The summed E-state index contributed by atoms with van der Waals surface area (Å²) in [5.41, 5.74) is 1.58. The summed E-state index contributed by atoms with van der Waals surface area (Å²) in [6.07, 6.45) is 0. The number of hydrogen-bond acceptors (Lipinski definition) is 4. The van der Waals surface area contributed by atoms with Gasteiger partial charge in [-0.05, 0) is 20.8 Å². The molecule has 0 aromatic carbocycles. The Kier molecular flexibility index (Phi) is 2.24. The summed E-state index contributed by atoms with van der Waals surface area (Å²) in [6.45, 7) is 5.68. The van der Waals surface area contributed by atoms with Crippen LogP contribution in [0.3, 0.4) is 0 Å². The van der Waals surface area contributed by atoms with Crippen molar-refractivity contribution >= 4 is 17.0 Å². The van der Waals surface area contributed by atoms with Gasteiger partial charge in [-0.2, -0.15) is 0 Å². The van der Waals surface area contributed by atoms with Crippen LogP contribution in [-0.2, 0) is 0 Å². The van der Waals surface area contributed by atoms with E-state index in [1.54, 1.807) is 18.3 Å². The first-order valence-electron chi connectivity index (χ1n) is 3.28. The molecule has 0 aliphatic carbocycles. The van der Waals surface area contributed by atoms with E-state index >= 15 is 0 Å². The minimum absolute atomic E-state index is 0.575. The van der Waals surface area contributed by atoms with E-state index < -0.39 is 0 Å². The fraction of sp³-hybridized carbons (Fsp3) is 0.429. The lowest BCUT2D eigenvalue weighted by molar-refractivity contribution is 0.319. The van der Waals surface area contributed by atoms with Gasteiger partial charge in [0, 0.05) is 4.88 Å². The van der Waals surface area contributed by atoms with E-state index in [0.29, 0.717) is 5.71 Å². The van der Waals surface area contributed by atoms with Gasteiger partial charge in [0.1, 0.15) is 10.7 Å². The van der Waals surface area contributed by atoms with Crippen molar-refractivity contribution in [2.45, 2.75) is 20.8 Å². The van der Waals surface area contributed by atoms with E-state index in [-0.39, 0.29) is 0 Å². The molecule has 0 fully saturated rings. The number of aromatic nitrogens is 1. The standard InChI is InChI=1S/C7H10N2OS/c1-4-6(3)11-7(8-4)5(2)9-10/h10H,1-3H3/b9-5-. The molecule has 60 valence electrons. The topological polar surface area (TPSA) is 45.5 Å². The van der Waals surface area contributed by atoms with E-state index in [1.165, 1.54) is 4.88 Å². The number of hydrogen-bond donors (Lipinski definition) is 1. The Morgan fingerprint density at radius 1 is 1.55 bits per heavy atom. The highest BCUT2D eigenvalue weighted by molar-refractivity contribution is 7.13. The minimum atomic E-state index is 0.575. The Morgan fingerprint density at radius 3 is 2.55 bits per heavy atom. The fourth-order valence-electron chi connectivity index (χ4n) is 0.670. The van der Waals surface area contributed by atoms with Crippen LogP contribution < -0.4 is 0 Å². The van der Waals surface area contributed by atoms with Gasteiger partial charge in [0.25, 0.3) is 0 Å². The minimum Gasteiger partial charge on any atom is -0.411 e. The molecule has 11 heavy (non-hydrogen) atoms. The predicted octanol–water partition coefficient (Wildman–Crippen LogP) is 1.96. The second-order valence-corrected chi connectivity index (χ2v) is 3.55. The van der Waals surface area contributed by atoms with Crippen LogP contribution in [0.4, 0.5) is 0 Å². The maximum absolute atomic E-state index is 8.44. The predicted molar refractivity (Wildman–Crippen MR) is 45.6 cm³/mol. The molecule has 3 nitrogen and oxygen atoms in total. The van der Waals surface area contributed by atoms with Crippen LogP contribution in [0.15, 0.2) is 5.16 Å². The molecule has 4 heteroatoms. The quantitative estimate of drug-likeness (QED) is 0.398. The number of aryl methyl sites for hydroxylation is 2. The van der Waals surface area contributed by atoms with Gasteiger partial charge in [-0.3, -0.25) is 0 Å². The second kappa shape index (κ2) is 3.00. The zero-order chi connectivity index (χ0) is 8.43. The molecule has 0 saturated heterocycles. The van der Waals surface area contributed by atoms with Crippen molar-refractivity contribution < 1.29 is 5.21 Å². The zero-order valence-corrected chi connectivity index (χ0v) is 7.57. The van der Waals surface area contributed by atoms with Gasteiger partial charge in [-0.15, -0.1) is 11.3 Å². The molecule has 1 aromatic heterocycles. The molecule has 0 bridgehead atoms. The Balaban J connectivity index is 3.07. The third kappa shape index (κ3) is 1.57. The summed E-state index contributed by atoms with van der Waals surface area (Å²) in [5, 5.41) is 12.3. The Morgan fingerprint density at radius 2 is 2.18 bits per heavy atom. The van der Waals surface area contributed by atoms with Crippen LogP contribution in [0, 0.1) is 13.8 Å². The first-order valence-corrected chi connectivity index (χ1v) is 4.10. The van der Waals surface area contributed by atoms with Crippen LogP contribution in [0.5, 0.6) is 0 Å². The SMILES string of the molecule is C/C(=N/O)c1nc(C)c(C)s1. The summed E-state index contributed by atoms with van der Waals surface area (Å²) in [6, 6.07) is 0. The summed E-state index contributed by atoms with van der Waals surface area (Å²) < 4.78 is 0. The maximum Gasteiger partial charge on any atom is 0.141 e. The van der Waals surface area contributed by atoms with Gasteiger partial charge in [0.15, 0.2) is 0 Å². The summed E-state index contributed by atoms with van der Waals surface area (Å²) in [7, 11) is 0. The molecule has 0 aliphatic heterocycles. The fourth-order valence-corrected chi connectivity index (χ4v) is 1.52. The first kappa shape index (κ1) is 8.20. The second-order valence-electron chi connectivity index (χ2n) is 2.35. The average Bonchev–Trinajstić information content (AvgIpc) is 2.31. The number of thiazole rings is 1.